The molecule has 0 saturated heterocycles. The second kappa shape index (κ2) is 8.96. The molecule has 1 heterocycles. The van der Waals surface area contributed by atoms with Gasteiger partial charge < -0.3 is 21.1 Å². The Kier molecular flexibility index (Phi) is 6.39. The van der Waals surface area contributed by atoms with Crippen molar-refractivity contribution in [2.75, 3.05) is 17.2 Å². The standard InChI is InChI=1S/C19H21F3N6O/c20-19(21,22)29-16-4-2-1-3-13(16)10-26-18-27-11-14(8-23)17(28-18)25-9-12-5-6-15(24)7-12/h1-4,11-12,15H,5-7,9-10,24H2,(H2,25,26,27,28)/t12-,15+/m1/s1. The van der Waals surface area contributed by atoms with E-state index in [1.807, 2.05) is 6.07 Å². The van der Waals surface area contributed by atoms with Crippen molar-refractivity contribution in [1.82, 2.24) is 9.97 Å². The van der Waals surface area contributed by atoms with Gasteiger partial charge in [-0.1, -0.05) is 18.2 Å². The minimum atomic E-state index is -4.78. The molecule has 10 heteroatoms. The molecular formula is C19H21F3N6O. The van der Waals surface area contributed by atoms with Crippen molar-refractivity contribution in [3.05, 3.63) is 41.6 Å². The lowest BCUT2D eigenvalue weighted by atomic mass is 10.1. The molecule has 1 fully saturated rings. The van der Waals surface area contributed by atoms with Gasteiger partial charge in [0.05, 0.1) is 6.20 Å². The van der Waals surface area contributed by atoms with Crippen molar-refractivity contribution >= 4 is 11.8 Å². The molecule has 1 saturated carbocycles. The Balaban J connectivity index is 1.67. The van der Waals surface area contributed by atoms with Gasteiger partial charge in [-0.3, -0.25) is 0 Å². The Morgan fingerprint density at radius 3 is 2.72 bits per heavy atom. The fraction of sp³-hybridized carbons (Fsp3) is 0.421. The van der Waals surface area contributed by atoms with Gasteiger partial charge in [0.2, 0.25) is 5.95 Å². The van der Waals surface area contributed by atoms with E-state index in [0.717, 1.165) is 19.3 Å². The van der Waals surface area contributed by atoms with Crippen molar-refractivity contribution < 1.29 is 17.9 Å². The van der Waals surface area contributed by atoms with Crippen LogP contribution in [0.3, 0.4) is 0 Å². The summed E-state index contributed by atoms with van der Waals surface area (Å²) in [6, 6.07) is 8.06. The fourth-order valence-corrected chi connectivity index (χ4v) is 3.27. The maximum Gasteiger partial charge on any atom is 0.573 e. The predicted octanol–water partition coefficient (Wildman–Crippen LogP) is 3.40. The Hall–Kier alpha value is -3.06. The first-order valence-corrected chi connectivity index (χ1v) is 9.18. The van der Waals surface area contributed by atoms with E-state index in [9.17, 15) is 18.4 Å². The number of benzene rings is 1. The topological polar surface area (TPSA) is 109 Å². The second-order valence-electron chi connectivity index (χ2n) is 6.90. The molecule has 0 radical (unpaired) electrons. The number of nitrogens with two attached hydrogens (primary N) is 1. The van der Waals surface area contributed by atoms with Crippen LogP contribution in [0.2, 0.25) is 0 Å². The largest absolute Gasteiger partial charge is 0.573 e. The van der Waals surface area contributed by atoms with E-state index in [0.29, 0.717) is 29.4 Å². The molecule has 0 bridgehead atoms. The van der Waals surface area contributed by atoms with Gasteiger partial charge in [0, 0.05) is 24.7 Å². The molecule has 1 aliphatic rings. The average Bonchev–Trinajstić information content (AvgIpc) is 3.10. The number of rotatable bonds is 7. The Labute approximate surface area is 166 Å². The van der Waals surface area contributed by atoms with Gasteiger partial charge in [-0.15, -0.1) is 13.2 Å². The average molecular weight is 406 g/mol. The molecule has 0 aliphatic heterocycles. The van der Waals surface area contributed by atoms with Gasteiger partial charge in [0.25, 0.3) is 0 Å². The predicted molar refractivity (Wildman–Crippen MR) is 101 cm³/mol. The van der Waals surface area contributed by atoms with Crippen LogP contribution in [0.4, 0.5) is 24.9 Å². The molecule has 0 amide bonds. The normalized spacial score (nSPS) is 18.9. The van der Waals surface area contributed by atoms with E-state index in [1.54, 1.807) is 6.07 Å². The highest BCUT2D eigenvalue weighted by molar-refractivity contribution is 5.53. The van der Waals surface area contributed by atoms with Gasteiger partial charge in [0.15, 0.2) is 0 Å². The summed E-state index contributed by atoms with van der Waals surface area (Å²) in [5, 5.41) is 15.3. The smallest absolute Gasteiger partial charge is 0.405 e. The number of nitriles is 1. The summed E-state index contributed by atoms with van der Waals surface area (Å²) in [6.45, 7) is 0.663. The summed E-state index contributed by atoms with van der Waals surface area (Å²) in [5.74, 6) is 0.688. The van der Waals surface area contributed by atoms with E-state index in [1.165, 1.54) is 24.4 Å². The number of aromatic nitrogens is 2. The Morgan fingerprint density at radius 2 is 2.03 bits per heavy atom. The van der Waals surface area contributed by atoms with E-state index >= 15 is 0 Å². The second-order valence-corrected chi connectivity index (χ2v) is 6.90. The van der Waals surface area contributed by atoms with E-state index < -0.39 is 6.36 Å². The summed E-state index contributed by atoms with van der Waals surface area (Å²) >= 11 is 0. The van der Waals surface area contributed by atoms with Crippen LogP contribution in [0.5, 0.6) is 5.75 Å². The van der Waals surface area contributed by atoms with Crippen LogP contribution in [0.15, 0.2) is 30.5 Å². The lowest BCUT2D eigenvalue weighted by Crippen LogP contribution is -2.19. The highest BCUT2D eigenvalue weighted by Gasteiger charge is 2.32. The quantitative estimate of drug-likeness (QED) is 0.647. The van der Waals surface area contributed by atoms with Gasteiger partial charge in [0.1, 0.15) is 23.2 Å². The molecule has 4 N–H and O–H groups in total. The zero-order valence-electron chi connectivity index (χ0n) is 15.5. The van der Waals surface area contributed by atoms with E-state index in [2.05, 4.69) is 25.3 Å². The van der Waals surface area contributed by atoms with Crippen molar-refractivity contribution in [2.24, 2.45) is 11.7 Å². The molecule has 1 aromatic heterocycles. The molecule has 3 rings (SSSR count). The monoisotopic (exact) mass is 406 g/mol. The van der Waals surface area contributed by atoms with Gasteiger partial charge in [-0.2, -0.15) is 10.2 Å². The van der Waals surface area contributed by atoms with Crippen molar-refractivity contribution in [2.45, 2.75) is 38.2 Å². The number of nitrogens with zero attached hydrogens (tertiary/aromatic N) is 3. The van der Waals surface area contributed by atoms with E-state index in [-0.39, 0.29) is 24.3 Å². The molecule has 1 aromatic carbocycles. The highest BCUT2D eigenvalue weighted by atomic mass is 19.4. The number of anilines is 2. The number of ether oxygens (including phenoxy) is 1. The Bertz CT molecular complexity index is 883. The van der Waals surface area contributed by atoms with Crippen molar-refractivity contribution in [1.29, 1.82) is 5.26 Å². The highest BCUT2D eigenvalue weighted by Crippen LogP contribution is 2.27. The molecule has 0 unspecified atom stereocenters. The zero-order valence-corrected chi connectivity index (χ0v) is 15.5. The third-order valence-corrected chi connectivity index (χ3v) is 4.68. The van der Waals surface area contributed by atoms with Crippen LogP contribution >= 0.6 is 0 Å². The van der Waals surface area contributed by atoms with Crippen LogP contribution in [-0.4, -0.2) is 28.9 Å². The molecule has 0 spiro atoms. The molecule has 2 aromatic rings. The maximum absolute atomic E-state index is 12.5. The summed E-state index contributed by atoms with van der Waals surface area (Å²) in [7, 11) is 0. The molecule has 154 valence electrons. The number of alkyl halides is 3. The van der Waals surface area contributed by atoms with Crippen LogP contribution in [0.1, 0.15) is 30.4 Å². The molecule has 29 heavy (non-hydrogen) atoms. The van der Waals surface area contributed by atoms with Crippen molar-refractivity contribution in [3.8, 4) is 11.8 Å². The summed E-state index contributed by atoms with van der Waals surface area (Å²) in [5.41, 5.74) is 6.51. The van der Waals surface area contributed by atoms with E-state index in [4.69, 9.17) is 5.73 Å². The number of hydrogen-bond donors (Lipinski definition) is 3. The third kappa shape index (κ3) is 5.96. The first-order valence-electron chi connectivity index (χ1n) is 9.18. The first kappa shape index (κ1) is 20.7. The molecule has 2 atom stereocenters. The maximum atomic E-state index is 12.5. The molecule has 7 nitrogen and oxygen atoms in total. The minimum absolute atomic E-state index is 0.0229. The number of halogens is 3. The summed E-state index contributed by atoms with van der Waals surface area (Å²) in [6.07, 6.45) is -0.492. The van der Waals surface area contributed by atoms with Gasteiger partial charge in [-0.05, 0) is 31.2 Å². The number of hydrogen-bond acceptors (Lipinski definition) is 7. The third-order valence-electron chi connectivity index (χ3n) is 4.68. The minimum Gasteiger partial charge on any atom is -0.405 e. The molecular weight excluding hydrogens is 385 g/mol. The van der Waals surface area contributed by atoms with Crippen LogP contribution in [0, 0.1) is 17.2 Å². The number of para-hydroxylation sites is 1. The van der Waals surface area contributed by atoms with Crippen LogP contribution in [-0.2, 0) is 6.54 Å². The summed E-state index contributed by atoms with van der Waals surface area (Å²) in [4.78, 5) is 8.35. The van der Waals surface area contributed by atoms with Gasteiger partial charge in [-0.25, -0.2) is 4.98 Å². The molecule has 1 aliphatic carbocycles. The number of nitrogens with one attached hydrogen (secondary N) is 2. The first-order chi connectivity index (χ1) is 13.8. The van der Waals surface area contributed by atoms with Gasteiger partial charge >= 0.3 is 6.36 Å². The zero-order chi connectivity index (χ0) is 20.9. The SMILES string of the molecule is N#Cc1cnc(NCc2ccccc2OC(F)(F)F)nc1NC[C@@H]1CC[C@H](N)C1. The summed E-state index contributed by atoms with van der Waals surface area (Å²) < 4.78 is 41.7. The lowest BCUT2D eigenvalue weighted by molar-refractivity contribution is -0.274. The van der Waals surface area contributed by atoms with Crippen LogP contribution in [0.25, 0.3) is 0 Å². The lowest BCUT2D eigenvalue weighted by Gasteiger charge is -2.15. The van der Waals surface area contributed by atoms with Crippen LogP contribution < -0.4 is 21.1 Å². The van der Waals surface area contributed by atoms with Crippen molar-refractivity contribution in [3.63, 3.8) is 0 Å². The Morgan fingerprint density at radius 1 is 1.24 bits per heavy atom. The fourth-order valence-electron chi connectivity index (χ4n) is 3.27.